The van der Waals surface area contributed by atoms with Crippen LogP contribution in [0.15, 0.2) is 66.3 Å². The van der Waals surface area contributed by atoms with Crippen LogP contribution in [0.3, 0.4) is 0 Å². The molecule has 2 heterocycles. The number of thiophene rings is 1. The van der Waals surface area contributed by atoms with Gasteiger partial charge in [-0.25, -0.2) is 9.97 Å². The summed E-state index contributed by atoms with van der Waals surface area (Å²) in [5.74, 6) is 1.03. The number of anilines is 2. The van der Waals surface area contributed by atoms with Crippen LogP contribution in [0.25, 0.3) is 32.1 Å². The Labute approximate surface area is 172 Å². The molecule has 0 bridgehead atoms. The summed E-state index contributed by atoms with van der Waals surface area (Å²) in [5.41, 5.74) is 5.72. The molecule has 0 saturated carbocycles. The van der Waals surface area contributed by atoms with Crippen molar-refractivity contribution in [3.05, 3.63) is 77.4 Å². The van der Waals surface area contributed by atoms with Gasteiger partial charge in [0.2, 0.25) is 0 Å². The number of hydrogen-bond donors (Lipinski definition) is 2. The molecule has 0 unspecified atom stereocenters. The summed E-state index contributed by atoms with van der Waals surface area (Å²) >= 11 is 1.62. The zero-order chi connectivity index (χ0) is 20.0. The first-order chi connectivity index (χ1) is 14.1. The predicted molar refractivity (Wildman–Crippen MR) is 121 cm³/mol. The maximum atomic E-state index is 10.2. The predicted octanol–water partition coefficient (Wildman–Crippen LogP) is 6.58. The number of rotatable bonds is 3. The van der Waals surface area contributed by atoms with Gasteiger partial charge in [-0.1, -0.05) is 42.5 Å². The number of fused-ring (bicyclic) bond motifs is 2. The molecule has 0 amide bonds. The summed E-state index contributed by atoms with van der Waals surface area (Å²) in [5, 5.41) is 18.6. The Bertz CT molecular complexity index is 1370. The zero-order valence-electron chi connectivity index (χ0n) is 16.1. The number of hydrogen-bond acceptors (Lipinski definition) is 5. The quantitative estimate of drug-likeness (QED) is 0.361. The van der Waals surface area contributed by atoms with Gasteiger partial charge >= 0.3 is 0 Å². The smallest absolute Gasteiger partial charge is 0.143 e. The van der Waals surface area contributed by atoms with Crippen LogP contribution in [-0.4, -0.2) is 15.1 Å². The molecular weight excluding hydrogens is 378 g/mol. The fourth-order valence-electron chi connectivity index (χ4n) is 3.62. The fraction of sp³-hybridized carbons (Fsp3) is 0.0833. The third-order valence-electron chi connectivity index (χ3n) is 5.34. The van der Waals surface area contributed by atoms with Gasteiger partial charge in [0.25, 0.3) is 0 Å². The van der Waals surface area contributed by atoms with Crippen LogP contribution in [0, 0.1) is 13.8 Å². The van der Waals surface area contributed by atoms with Crippen molar-refractivity contribution in [1.29, 1.82) is 0 Å². The minimum Gasteiger partial charge on any atom is -0.507 e. The number of aromatic hydroxyl groups is 1. The minimum atomic E-state index is 0.269. The van der Waals surface area contributed by atoms with Crippen LogP contribution in [0.4, 0.5) is 11.5 Å². The highest BCUT2D eigenvalue weighted by Gasteiger charge is 2.15. The lowest BCUT2D eigenvalue weighted by Gasteiger charge is -2.12. The van der Waals surface area contributed by atoms with Gasteiger partial charge in [-0.3, -0.25) is 0 Å². The van der Waals surface area contributed by atoms with E-state index in [1.807, 2.05) is 30.3 Å². The summed E-state index contributed by atoms with van der Waals surface area (Å²) < 4.78 is 0. The lowest BCUT2D eigenvalue weighted by molar-refractivity contribution is 0.481. The van der Waals surface area contributed by atoms with Gasteiger partial charge in [-0.15, -0.1) is 11.3 Å². The van der Waals surface area contributed by atoms with Gasteiger partial charge in [0.15, 0.2) is 0 Å². The summed E-state index contributed by atoms with van der Waals surface area (Å²) in [6.45, 7) is 4.25. The molecule has 0 aliphatic rings. The maximum Gasteiger partial charge on any atom is 0.143 e. The second-order valence-corrected chi connectivity index (χ2v) is 8.01. The van der Waals surface area contributed by atoms with Gasteiger partial charge in [0.1, 0.15) is 22.7 Å². The Kier molecular flexibility index (Phi) is 4.18. The van der Waals surface area contributed by atoms with E-state index in [4.69, 9.17) is 0 Å². The molecule has 0 atom stereocenters. The number of nitrogens with one attached hydrogen (secondary N) is 1. The third-order valence-corrected chi connectivity index (χ3v) is 6.23. The van der Waals surface area contributed by atoms with Crippen LogP contribution in [0.5, 0.6) is 5.75 Å². The Morgan fingerprint density at radius 1 is 0.897 bits per heavy atom. The molecule has 0 aliphatic carbocycles. The van der Waals surface area contributed by atoms with Crippen LogP contribution in [0.2, 0.25) is 0 Å². The second-order valence-electron chi connectivity index (χ2n) is 7.15. The Hall–Kier alpha value is -3.44. The molecule has 0 fully saturated rings. The van der Waals surface area contributed by atoms with E-state index in [0.717, 1.165) is 43.6 Å². The van der Waals surface area contributed by atoms with Gasteiger partial charge < -0.3 is 10.4 Å². The molecule has 0 aliphatic heterocycles. The number of benzene rings is 3. The van der Waals surface area contributed by atoms with E-state index in [-0.39, 0.29) is 5.75 Å². The van der Waals surface area contributed by atoms with E-state index in [1.165, 1.54) is 11.1 Å². The average molecular weight is 398 g/mol. The first kappa shape index (κ1) is 17.6. The van der Waals surface area contributed by atoms with E-state index >= 15 is 0 Å². The minimum absolute atomic E-state index is 0.269. The summed E-state index contributed by atoms with van der Waals surface area (Å²) in [4.78, 5) is 9.97. The number of nitrogens with zero attached hydrogens (tertiary/aromatic N) is 2. The van der Waals surface area contributed by atoms with Crippen molar-refractivity contribution in [2.45, 2.75) is 13.8 Å². The van der Waals surface area contributed by atoms with Crippen LogP contribution in [-0.2, 0) is 0 Å². The van der Waals surface area contributed by atoms with Crippen molar-refractivity contribution < 1.29 is 5.11 Å². The van der Waals surface area contributed by atoms with E-state index in [2.05, 4.69) is 52.7 Å². The molecule has 142 valence electrons. The molecule has 0 radical (unpaired) electrons. The summed E-state index contributed by atoms with van der Waals surface area (Å²) in [6, 6.07) is 17.9. The summed E-state index contributed by atoms with van der Waals surface area (Å²) in [7, 11) is 0. The first-order valence-electron chi connectivity index (χ1n) is 9.39. The van der Waals surface area contributed by atoms with E-state index in [0.29, 0.717) is 0 Å². The Morgan fingerprint density at radius 3 is 2.59 bits per heavy atom. The highest BCUT2D eigenvalue weighted by atomic mass is 32.1. The van der Waals surface area contributed by atoms with Crippen LogP contribution >= 0.6 is 11.3 Å². The maximum absolute atomic E-state index is 10.2. The van der Waals surface area contributed by atoms with Gasteiger partial charge in [0.05, 0.1) is 5.39 Å². The molecular formula is C24H19N3OS. The van der Waals surface area contributed by atoms with Gasteiger partial charge in [-0.2, -0.15) is 0 Å². The standard InChI is InChI=1S/C24H19N3OS/c1-14-9-10-16(11-15(14)2)19-12-29-24-22(19)23(25-13-26-24)27-20-7-3-6-18-17(20)5-4-8-21(18)28/h3-13,28H,1-2H3,(H,25,26,27). The molecule has 0 saturated heterocycles. The van der Waals surface area contributed by atoms with Crippen molar-refractivity contribution in [2.24, 2.45) is 0 Å². The van der Waals surface area contributed by atoms with Crippen molar-refractivity contribution in [2.75, 3.05) is 5.32 Å². The Morgan fingerprint density at radius 2 is 1.72 bits per heavy atom. The lowest BCUT2D eigenvalue weighted by Crippen LogP contribution is -1.96. The number of aryl methyl sites for hydroxylation is 2. The van der Waals surface area contributed by atoms with Crippen LogP contribution < -0.4 is 5.32 Å². The van der Waals surface area contributed by atoms with Crippen LogP contribution in [0.1, 0.15) is 11.1 Å². The van der Waals surface area contributed by atoms with Gasteiger partial charge in [-0.05, 0) is 42.7 Å². The third kappa shape index (κ3) is 3.00. The number of aromatic nitrogens is 2. The lowest BCUT2D eigenvalue weighted by atomic mass is 10.0. The molecule has 2 aromatic heterocycles. The van der Waals surface area contributed by atoms with E-state index in [1.54, 1.807) is 23.7 Å². The molecule has 5 aromatic rings. The topological polar surface area (TPSA) is 58.0 Å². The van der Waals surface area contributed by atoms with Gasteiger partial charge in [0, 0.05) is 27.4 Å². The van der Waals surface area contributed by atoms with E-state index in [9.17, 15) is 5.11 Å². The van der Waals surface area contributed by atoms with Crippen molar-refractivity contribution in [3.8, 4) is 16.9 Å². The summed E-state index contributed by atoms with van der Waals surface area (Å²) in [6.07, 6.45) is 1.59. The first-order valence-corrected chi connectivity index (χ1v) is 10.3. The molecule has 0 spiro atoms. The Balaban J connectivity index is 1.68. The fourth-order valence-corrected chi connectivity index (χ4v) is 4.54. The average Bonchev–Trinajstić information content (AvgIpc) is 3.16. The largest absolute Gasteiger partial charge is 0.507 e. The second kappa shape index (κ2) is 6.87. The molecule has 2 N–H and O–H groups in total. The highest BCUT2D eigenvalue weighted by molar-refractivity contribution is 7.17. The molecule has 5 heteroatoms. The number of phenolic OH excluding ortho intramolecular Hbond substituents is 1. The van der Waals surface area contributed by atoms with Crippen molar-refractivity contribution >= 4 is 43.8 Å². The van der Waals surface area contributed by atoms with Crippen molar-refractivity contribution in [1.82, 2.24) is 9.97 Å². The highest BCUT2D eigenvalue weighted by Crippen LogP contribution is 2.39. The monoisotopic (exact) mass is 397 g/mol. The number of phenols is 1. The molecule has 4 nitrogen and oxygen atoms in total. The molecule has 29 heavy (non-hydrogen) atoms. The van der Waals surface area contributed by atoms with E-state index < -0.39 is 0 Å². The molecule has 3 aromatic carbocycles. The van der Waals surface area contributed by atoms with Crippen molar-refractivity contribution in [3.63, 3.8) is 0 Å². The molecule has 5 rings (SSSR count). The zero-order valence-corrected chi connectivity index (χ0v) is 16.9. The normalized spacial score (nSPS) is 11.2. The SMILES string of the molecule is Cc1ccc(-c2csc3ncnc(Nc4cccc5c(O)cccc45)c23)cc1C.